The van der Waals surface area contributed by atoms with E-state index in [0.29, 0.717) is 29.3 Å². The van der Waals surface area contributed by atoms with Crippen LogP contribution in [0.2, 0.25) is 0 Å². The monoisotopic (exact) mass is 507 g/mol. The van der Waals surface area contributed by atoms with Gasteiger partial charge >= 0.3 is 0 Å². The quantitative estimate of drug-likeness (QED) is 0.297. The fraction of sp³-hybridized carbons (Fsp3) is 0.276. The lowest BCUT2D eigenvalue weighted by Gasteiger charge is -2.40. The molecule has 0 aromatic carbocycles. The van der Waals surface area contributed by atoms with Gasteiger partial charge < -0.3 is 25.7 Å². The van der Waals surface area contributed by atoms with Crippen molar-refractivity contribution in [3.63, 3.8) is 0 Å². The van der Waals surface area contributed by atoms with Gasteiger partial charge in [0.1, 0.15) is 23.3 Å². The number of allylic oxidation sites excluding steroid dienone is 3. The molecule has 1 fully saturated rings. The molecule has 9 heteroatoms. The minimum atomic E-state index is -0.360. The highest BCUT2D eigenvalue weighted by Crippen LogP contribution is 2.30. The molecular formula is C29H29N7O2. The molecule has 2 aliphatic heterocycles. The summed E-state index contributed by atoms with van der Waals surface area (Å²) in [4.78, 5) is 23.8. The Morgan fingerprint density at radius 3 is 2.66 bits per heavy atom. The van der Waals surface area contributed by atoms with E-state index >= 15 is 0 Å². The first-order valence-corrected chi connectivity index (χ1v) is 12.3. The number of hydrogen-bond acceptors (Lipinski definition) is 8. The van der Waals surface area contributed by atoms with Crippen LogP contribution in [0.1, 0.15) is 48.3 Å². The number of carbonyl (C=O) groups is 1. The molecule has 0 saturated carbocycles. The number of ether oxygens (including phenoxy) is 1. The highest BCUT2D eigenvalue weighted by Gasteiger charge is 2.32. The number of nitrogens with one attached hydrogen (secondary N) is 3. The molecule has 0 atom stereocenters. The molecule has 0 unspecified atom stereocenters. The first-order valence-electron chi connectivity index (χ1n) is 12.3. The number of terminal acetylenes is 1. The Balaban J connectivity index is 1.44. The third kappa shape index (κ3) is 5.74. The van der Waals surface area contributed by atoms with Gasteiger partial charge in [-0.15, -0.1) is 6.42 Å². The number of rotatable bonds is 7. The van der Waals surface area contributed by atoms with Crippen molar-refractivity contribution in [2.75, 3.05) is 24.6 Å². The Hall–Kier alpha value is -4.89. The van der Waals surface area contributed by atoms with Crippen molar-refractivity contribution in [3.8, 4) is 18.4 Å². The predicted octanol–water partition coefficient (Wildman–Crippen LogP) is 3.54. The maximum absolute atomic E-state index is 12.7. The minimum Gasteiger partial charge on any atom is -0.492 e. The molecule has 0 radical (unpaired) electrons. The summed E-state index contributed by atoms with van der Waals surface area (Å²) < 4.78 is 5.62. The van der Waals surface area contributed by atoms with E-state index < -0.39 is 0 Å². The normalized spacial score (nSPS) is 17.5. The van der Waals surface area contributed by atoms with E-state index in [1.165, 1.54) is 6.20 Å². The molecule has 2 aromatic heterocycles. The molecule has 4 rings (SSSR count). The van der Waals surface area contributed by atoms with E-state index in [1.807, 2.05) is 32.1 Å². The number of nitrogens with zero attached hydrogens (tertiary/aromatic N) is 4. The van der Waals surface area contributed by atoms with E-state index in [2.05, 4.69) is 37.5 Å². The summed E-state index contributed by atoms with van der Waals surface area (Å²) in [5.41, 5.74) is 2.89. The van der Waals surface area contributed by atoms with E-state index in [1.54, 1.807) is 24.5 Å². The zero-order valence-corrected chi connectivity index (χ0v) is 21.4. The molecule has 9 nitrogen and oxygen atoms in total. The van der Waals surface area contributed by atoms with Crippen LogP contribution in [-0.4, -0.2) is 47.3 Å². The lowest BCUT2D eigenvalue weighted by molar-refractivity contribution is 0.0886. The lowest BCUT2D eigenvalue weighted by Crippen LogP contribution is -2.53. The van der Waals surface area contributed by atoms with Gasteiger partial charge in [-0.2, -0.15) is 5.26 Å². The fourth-order valence-corrected chi connectivity index (χ4v) is 4.38. The van der Waals surface area contributed by atoms with Crippen molar-refractivity contribution in [1.82, 2.24) is 20.6 Å². The van der Waals surface area contributed by atoms with Gasteiger partial charge in [-0.05, 0) is 57.0 Å². The molecule has 4 heterocycles. The zero-order valence-electron chi connectivity index (χ0n) is 21.4. The summed E-state index contributed by atoms with van der Waals surface area (Å²) in [7, 11) is 0. The molecular weight excluding hydrogens is 478 g/mol. The van der Waals surface area contributed by atoms with Crippen LogP contribution in [0.3, 0.4) is 0 Å². The van der Waals surface area contributed by atoms with Crippen LogP contribution in [0.15, 0.2) is 66.0 Å². The highest BCUT2D eigenvalue weighted by atomic mass is 16.5. The Morgan fingerprint density at radius 2 is 2.08 bits per heavy atom. The lowest BCUT2D eigenvalue weighted by atomic mass is 9.89. The summed E-state index contributed by atoms with van der Waals surface area (Å²) >= 11 is 0. The number of aromatic nitrogens is 2. The Labute approximate surface area is 222 Å². The van der Waals surface area contributed by atoms with Crippen LogP contribution >= 0.6 is 0 Å². The largest absolute Gasteiger partial charge is 0.492 e. The topological polar surface area (TPSA) is 127 Å². The first-order chi connectivity index (χ1) is 18.4. The van der Waals surface area contributed by atoms with Crippen molar-refractivity contribution >= 4 is 23.5 Å². The summed E-state index contributed by atoms with van der Waals surface area (Å²) in [5.74, 6) is 3.75. The van der Waals surface area contributed by atoms with Gasteiger partial charge in [0.25, 0.3) is 5.91 Å². The SMILES string of the molecule is C#Cc1ccc(C(=O)NC2(C)CCN(c3ccc(C4=CC(OCC)=CN/C4=C(/C#N)C=N)cn3)CC2)nc1. The summed E-state index contributed by atoms with van der Waals surface area (Å²) in [6.45, 7) is 5.91. The van der Waals surface area contributed by atoms with Crippen molar-refractivity contribution < 1.29 is 9.53 Å². The molecule has 38 heavy (non-hydrogen) atoms. The predicted molar refractivity (Wildman–Crippen MR) is 146 cm³/mol. The third-order valence-corrected chi connectivity index (χ3v) is 6.59. The molecule has 2 aromatic rings. The second kappa shape index (κ2) is 11.4. The smallest absolute Gasteiger partial charge is 0.270 e. The van der Waals surface area contributed by atoms with E-state index in [-0.39, 0.29) is 17.0 Å². The van der Waals surface area contributed by atoms with Gasteiger partial charge in [0.2, 0.25) is 0 Å². The van der Waals surface area contributed by atoms with Crippen molar-refractivity contribution in [3.05, 3.63) is 82.8 Å². The van der Waals surface area contributed by atoms with Crippen molar-refractivity contribution in [2.24, 2.45) is 0 Å². The van der Waals surface area contributed by atoms with Gasteiger partial charge in [0.05, 0.1) is 17.9 Å². The third-order valence-electron chi connectivity index (χ3n) is 6.59. The van der Waals surface area contributed by atoms with Gasteiger partial charge in [-0.3, -0.25) is 4.79 Å². The number of dihydropyridines is 1. The summed E-state index contributed by atoms with van der Waals surface area (Å²) in [5, 5.41) is 23.3. The number of carbonyl (C=O) groups excluding carboxylic acids is 1. The average molecular weight is 508 g/mol. The summed E-state index contributed by atoms with van der Waals surface area (Å²) in [6, 6.07) is 9.30. The van der Waals surface area contributed by atoms with Crippen LogP contribution in [0.5, 0.6) is 0 Å². The molecule has 1 amide bonds. The number of piperidine rings is 1. The van der Waals surface area contributed by atoms with Crippen LogP contribution in [0, 0.1) is 29.1 Å². The molecule has 0 bridgehead atoms. The van der Waals surface area contributed by atoms with E-state index in [0.717, 1.165) is 49.1 Å². The second-order valence-electron chi connectivity index (χ2n) is 9.21. The molecule has 3 N–H and O–H groups in total. The van der Waals surface area contributed by atoms with Crippen LogP contribution < -0.4 is 15.5 Å². The van der Waals surface area contributed by atoms with Gasteiger partial charge in [0.15, 0.2) is 0 Å². The number of pyridine rings is 2. The number of amides is 1. The molecule has 0 aliphatic carbocycles. The van der Waals surface area contributed by atoms with Gasteiger partial charge in [0, 0.05) is 60.1 Å². The molecule has 1 saturated heterocycles. The zero-order chi connectivity index (χ0) is 27.1. The van der Waals surface area contributed by atoms with E-state index in [9.17, 15) is 10.1 Å². The minimum absolute atomic E-state index is 0.215. The first kappa shape index (κ1) is 26.2. The molecule has 2 aliphatic rings. The number of anilines is 1. The van der Waals surface area contributed by atoms with Crippen molar-refractivity contribution in [2.45, 2.75) is 32.2 Å². The highest BCUT2D eigenvalue weighted by molar-refractivity contribution is 5.93. The molecule has 192 valence electrons. The maximum atomic E-state index is 12.7. The average Bonchev–Trinajstić information content (AvgIpc) is 2.95. The standard InChI is InChI=1S/C29H29N7O2/c1-4-20-6-8-25(32-17-20)28(37)35-29(3)10-12-36(13-11-29)26-9-7-21(18-33-26)24-14-23(38-5-2)19-34-27(24)22(15-30)16-31/h1,6-9,14-15,17-19,30,34H,5,10-13H2,2-3H3,(H,35,37)/b27-22+,30-15?. The number of nitriles is 1. The van der Waals surface area contributed by atoms with Gasteiger partial charge in [-0.25, -0.2) is 9.97 Å². The summed E-state index contributed by atoms with van der Waals surface area (Å²) in [6.07, 6.45) is 14.7. The van der Waals surface area contributed by atoms with E-state index in [4.69, 9.17) is 16.6 Å². The van der Waals surface area contributed by atoms with Gasteiger partial charge in [-0.1, -0.05) is 5.92 Å². The fourth-order valence-electron chi connectivity index (χ4n) is 4.38. The van der Waals surface area contributed by atoms with Crippen LogP contribution in [0.25, 0.3) is 5.57 Å². The molecule has 0 spiro atoms. The van der Waals surface area contributed by atoms with Crippen LogP contribution in [-0.2, 0) is 4.74 Å². The Morgan fingerprint density at radius 1 is 1.29 bits per heavy atom. The number of hydrogen-bond donors (Lipinski definition) is 3. The Bertz CT molecular complexity index is 1380. The van der Waals surface area contributed by atoms with Crippen molar-refractivity contribution in [1.29, 1.82) is 10.7 Å². The Kier molecular flexibility index (Phi) is 7.88. The maximum Gasteiger partial charge on any atom is 0.270 e. The second-order valence-corrected chi connectivity index (χ2v) is 9.21. The van der Waals surface area contributed by atoms with Crippen LogP contribution in [0.4, 0.5) is 5.82 Å².